The van der Waals surface area contributed by atoms with E-state index < -0.39 is 21.5 Å². The van der Waals surface area contributed by atoms with E-state index in [9.17, 15) is 13.2 Å². The van der Waals surface area contributed by atoms with Crippen LogP contribution in [0, 0.1) is 13.8 Å². The van der Waals surface area contributed by atoms with Gasteiger partial charge in [-0.05, 0) is 44.9 Å². The smallest absolute Gasteiger partial charge is 0.241 e. The van der Waals surface area contributed by atoms with Gasteiger partial charge in [0.1, 0.15) is 0 Å². The number of nitrogen functional groups attached to an aromatic ring is 1. The van der Waals surface area contributed by atoms with Gasteiger partial charge in [-0.15, -0.1) is 0 Å². The molecule has 0 saturated heterocycles. The fraction of sp³-hybridized carbons (Fsp3) is 0.462. The van der Waals surface area contributed by atoms with Gasteiger partial charge < -0.3 is 11.5 Å². The van der Waals surface area contributed by atoms with Crippen LogP contribution < -0.4 is 16.2 Å². The Labute approximate surface area is 119 Å². The van der Waals surface area contributed by atoms with E-state index in [0.717, 1.165) is 0 Å². The Morgan fingerprint density at radius 3 is 2.35 bits per heavy atom. The van der Waals surface area contributed by atoms with Gasteiger partial charge in [0.2, 0.25) is 15.9 Å². The lowest BCUT2D eigenvalue weighted by atomic mass is 10.0. The Balaban J connectivity index is 3.26. The number of anilines is 1. The number of aryl methyl sites for hydroxylation is 1. The van der Waals surface area contributed by atoms with Crippen LogP contribution in [0.3, 0.4) is 0 Å². The monoisotopic (exact) mass is 299 g/mol. The lowest BCUT2D eigenvalue weighted by Gasteiger charge is -2.25. The zero-order valence-electron chi connectivity index (χ0n) is 12.1. The molecule has 1 aromatic rings. The largest absolute Gasteiger partial charge is 0.398 e. The van der Waals surface area contributed by atoms with Crippen molar-refractivity contribution in [2.24, 2.45) is 5.73 Å². The highest BCUT2D eigenvalue weighted by molar-refractivity contribution is 7.89. The second kappa shape index (κ2) is 5.41. The normalized spacial score (nSPS) is 12.4. The highest BCUT2D eigenvalue weighted by Gasteiger charge is 2.30. The molecule has 0 fully saturated rings. The highest BCUT2D eigenvalue weighted by Crippen LogP contribution is 2.26. The van der Waals surface area contributed by atoms with E-state index >= 15 is 0 Å². The third-order valence-corrected chi connectivity index (χ3v) is 4.93. The maximum absolute atomic E-state index is 12.5. The van der Waals surface area contributed by atoms with E-state index in [1.54, 1.807) is 39.8 Å². The molecule has 0 aliphatic rings. The van der Waals surface area contributed by atoms with Gasteiger partial charge in [-0.1, -0.05) is 6.07 Å². The van der Waals surface area contributed by atoms with E-state index in [2.05, 4.69) is 4.72 Å². The Morgan fingerprint density at radius 1 is 1.30 bits per heavy atom. The number of carbonyl (C=O) groups excluding carboxylic acids is 1. The van der Waals surface area contributed by atoms with Crippen LogP contribution in [0.25, 0.3) is 0 Å². The molecule has 0 radical (unpaired) electrons. The number of rotatable bonds is 5. The molecule has 1 aromatic carbocycles. The van der Waals surface area contributed by atoms with E-state index in [4.69, 9.17) is 11.5 Å². The fourth-order valence-electron chi connectivity index (χ4n) is 2.14. The van der Waals surface area contributed by atoms with Crippen LogP contribution in [0.2, 0.25) is 0 Å². The number of nitrogens with one attached hydrogen (secondary N) is 1. The Hall–Kier alpha value is -1.60. The topological polar surface area (TPSA) is 115 Å². The van der Waals surface area contributed by atoms with Crippen molar-refractivity contribution in [2.45, 2.75) is 44.6 Å². The number of hydrogen-bond donors (Lipinski definition) is 3. The zero-order chi connectivity index (χ0) is 15.7. The van der Waals surface area contributed by atoms with Crippen LogP contribution in [-0.4, -0.2) is 19.9 Å². The maximum atomic E-state index is 12.5. The van der Waals surface area contributed by atoms with Crippen LogP contribution in [-0.2, 0) is 14.8 Å². The van der Waals surface area contributed by atoms with Crippen molar-refractivity contribution < 1.29 is 13.2 Å². The summed E-state index contributed by atoms with van der Waals surface area (Å²) in [6, 6.07) is 3.32. The molecule has 0 aliphatic heterocycles. The van der Waals surface area contributed by atoms with Crippen molar-refractivity contribution in [1.82, 2.24) is 4.72 Å². The molecular formula is C13H21N3O3S. The average molecular weight is 299 g/mol. The summed E-state index contributed by atoms with van der Waals surface area (Å²) in [6.07, 6.45) is -0.0906. The third-order valence-electron chi connectivity index (χ3n) is 2.94. The molecule has 0 unspecified atom stereocenters. The molecule has 6 nitrogen and oxygen atoms in total. The summed E-state index contributed by atoms with van der Waals surface area (Å²) >= 11 is 0. The minimum Gasteiger partial charge on any atom is -0.398 e. The van der Waals surface area contributed by atoms with Crippen molar-refractivity contribution in [3.05, 3.63) is 23.3 Å². The molecule has 112 valence electrons. The third kappa shape index (κ3) is 3.71. The van der Waals surface area contributed by atoms with Crippen molar-refractivity contribution in [1.29, 1.82) is 0 Å². The number of carbonyl (C=O) groups is 1. The summed E-state index contributed by atoms with van der Waals surface area (Å²) in [5, 5.41) is 0. The first-order valence-corrected chi connectivity index (χ1v) is 7.62. The van der Waals surface area contributed by atoms with Gasteiger partial charge in [0.25, 0.3) is 0 Å². The highest BCUT2D eigenvalue weighted by atomic mass is 32.2. The zero-order valence-corrected chi connectivity index (χ0v) is 13.0. The second-order valence-electron chi connectivity index (χ2n) is 5.56. The number of hydrogen-bond acceptors (Lipinski definition) is 4. The van der Waals surface area contributed by atoms with Crippen LogP contribution in [0.15, 0.2) is 17.0 Å². The van der Waals surface area contributed by atoms with E-state index in [1.165, 1.54) is 0 Å². The molecule has 1 amide bonds. The summed E-state index contributed by atoms with van der Waals surface area (Å²) in [5.74, 6) is -0.571. The lowest BCUT2D eigenvalue weighted by molar-refractivity contribution is -0.119. The first-order chi connectivity index (χ1) is 8.96. The Bertz CT molecular complexity index is 637. The second-order valence-corrected chi connectivity index (χ2v) is 7.18. The summed E-state index contributed by atoms with van der Waals surface area (Å²) in [6.45, 7) is 6.55. The molecule has 0 spiro atoms. The molecule has 5 N–H and O–H groups in total. The molecule has 0 heterocycles. The number of amides is 1. The van der Waals surface area contributed by atoms with Crippen molar-refractivity contribution in [3.8, 4) is 0 Å². The molecule has 0 bridgehead atoms. The van der Waals surface area contributed by atoms with Crippen molar-refractivity contribution in [2.75, 3.05) is 5.73 Å². The predicted octanol–water partition coefficient (Wildman–Crippen LogP) is 0.818. The Morgan fingerprint density at radius 2 is 1.85 bits per heavy atom. The summed E-state index contributed by atoms with van der Waals surface area (Å²) in [4.78, 5) is 11.1. The minimum absolute atomic E-state index is 0.0906. The SMILES string of the molecule is Cc1ccc(N)c(C)c1S(=O)(=O)NC(C)(C)CC(N)=O. The van der Waals surface area contributed by atoms with E-state index in [-0.39, 0.29) is 11.3 Å². The van der Waals surface area contributed by atoms with E-state index in [0.29, 0.717) is 16.8 Å². The maximum Gasteiger partial charge on any atom is 0.241 e. The molecule has 20 heavy (non-hydrogen) atoms. The molecule has 0 aromatic heterocycles. The molecule has 1 rings (SSSR count). The van der Waals surface area contributed by atoms with Crippen molar-refractivity contribution >= 4 is 21.6 Å². The van der Waals surface area contributed by atoms with Crippen LogP contribution >= 0.6 is 0 Å². The van der Waals surface area contributed by atoms with Gasteiger partial charge in [0.05, 0.1) is 4.90 Å². The van der Waals surface area contributed by atoms with Crippen LogP contribution in [0.1, 0.15) is 31.4 Å². The number of benzene rings is 1. The first-order valence-electron chi connectivity index (χ1n) is 6.14. The number of primary amides is 1. The lowest BCUT2D eigenvalue weighted by Crippen LogP contribution is -2.46. The van der Waals surface area contributed by atoms with Gasteiger partial charge in [-0.25, -0.2) is 13.1 Å². The molecular weight excluding hydrogens is 278 g/mol. The molecule has 0 saturated carbocycles. The van der Waals surface area contributed by atoms with E-state index in [1.807, 2.05) is 0 Å². The minimum atomic E-state index is -3.79. The molecule has 0 atom stereocenters. The molecule has 7 heteroatoms. The van der Waals surface area contributed by atoms with Gasteiger partial charge in [0.15, 0.2) is 0 Å². The standard InChI is InChI=1S/C13H21N3O3S/c1-8-5-6-10(14)9(2)12(8)20(18,19)16-13(3,4)7-11(15)17/h5-6,16H,7,14H2,1-4H3,(H2,15,17). The summed E-state index contributed by atoms with van der Waals surface area (Å²) in [5.41, 5.74) is 11.4. The average Bonchev–Trinajstić information content (AvgIpc) is 2.19. The van der Waals surface area contributed by atoms with Crippen LogP contribution in [0.5, 0.6) is 0 Å². The van der Waals surface area contributed by atoms with Crippen molar-refractivity contribution in [3.63, 3.8) is 0 Å². The van der Waals surface area contributed by atoms with Gasteiger partial charge in [-0.2, -0.15) is 0 Å². The van der Waals surface area contributed by atoms with Gasteiger partial charge in [-0.3, -0.25) is 4.79 Å². The number of nitrogens with two attached hydrogens (primary N) is 2. The summed E-state index contributed by atoms with van der Waals surface area (Å²) in [7, 11) is -3.79. The first kappa shape index (κ1) is 16.5. The fourth-order valence-corrected chi connectivity index (χ4v) is 4.06. The van der Waals surface area contributed by atoms with Gasteiger partial charge in [0, 0.05) is 17.6 Å². The number of sulfonamides is 1. The van der Waals surface area contributed by atoms with Crippen LogP contribution in [0.4, 0.5) is 5.69 Å². The quantitative estimate of drug-likeness (QED) is 0.698. The Kier molecular flexibility index (Phi) is 4.45. The van der Waals surface area contributed by atoms with Gasteiger partial charge >= 0.3 is 0 Å². The summed E-state index contributed by atoms with van der Waals surface area (Å²) < 4.78 is 27.5. The molecule has 0 aliphatic carbocycles. The predicted molar refractivity (Wildman–Crippen MR) is 78.5 cm³/mol.